The van der Waals surface area contributed by atoms with E-state index in [1.165, 1.54) is 24.3 Å². The van der Waals surface area contributed by atoms with Gasteiger partial charge < -0.3 is 9.84 Å². The van der Waals surface area contributed by atoms with Crippen molar-refractivity contribution in [3.05, 3.63) is 71.7 Å². The molecule has 2 aromatic carbocycles. The molecule has 0 aliphatic heterocycles. The predicted molar refractivity (Wildman–Crippen MR) is 76.2 cm³/mol. The SMILES string of the molecule is O=C(Nc1ccc(F)cc1F)c1cc(-c2cccc(F)c2)no1. The van der Waals surface area contributed by atoms with Crippen LogP contribution in [0.15, 0.2) is 53.1 Å². The van der Waals surface area contributed by atoms with Gasteiger partial charge in [-0.3, -0.25) is 4.79 Å². The van der Waals surface area contributed by atoms with Crippen LogP contribution in [0.2, 0.25) is 0 Å². The van der Waals surface area contributed by atoms with Gasteiger partial charge in [-0.05, 0) is 24.3 Å². The molecular weight excluding hydrogens is 309 g/mol. The molecule has 1 amide bonds. The molecule has 7 heteroatoms. The lowest BCUT2D eigenvalue weighted by Crippen LogP contribution is -2.12. The van der Waals surface area contributed by atoms with Gasteiger partial charge in [-0.25, -0.2) is 13.2 Å². The standard InChI is InChI=1S/C16H9F3N2O2/c17-10-3-1-2-9(6-10)14-8-15(23-21-14)16(22)20-13-5-4-11(18)7-12(13)19/h1-8H,(H,20,22). The number of hydrogen-bond donors (Lipinski definition) is 1. The Kier molecular flexibility index (Phi) is 3.84. The Balaban J connectivity index is 1.81. The number of carbonyl (C=O) groups is 1. The molecule has 3 aromatic rings. The Labute approximate surface area is 128 Å². The monoisotopic (exact) mass is 318 g/mol. The van der Waals surface area contributed by atoms with E-state index in [2.05, 4.69) is 10.5 Å². The van der Waals surface area contributed by atoms with Crippen LogP contribution in [-0.4, -0.2) is 11.1 Å². The van der Waals surface area contributed by atoms with Crippen molar-refractivity contribution in [3.8, 4) is 11.3 Å². The maximum atomic E-state index is 13.5. The minimum absolute atomic E-state index is 0.187. The second-order valence-corrected chi connectivity index (χ2v) is 4.67. The summed E-state index contributed by atoms with van der Waals surface area (Å²) in [7, 11) is 0. The lowest BCUT2D eigenvalue weighted by molar-refractivity contribution is 0.0987. The zero-order valence-corrected chi connectivity index (χ0v) is 11.5. The molecule has 0 spiro atoms. The van der Waals surface area contributed by atoms with Gasteiger partial charge in [0, 0.05) is 17.7 Å². The van der Waals surface area contributed by atoms with Crippen LogP contribution in [0, 0.1) is 17.5 Å². The molecule has 0 fully saturated rings. The highest BCUT2D eigenvalue weighted by Gasteiger charge is 2.16. The summed E-state index contributed by atoms with van der Waals surface area (Å²) in [5, 5.41) is 5.91. The highest BCUT2D eigenvalue weighted by atomic mass is 19.1. The summed E-state index contributed by atoms with van der Waals surface area (Å²) in [6, 6.07) is 9.65. The summed E-state index contributed by atoms with van der Waals surface area (Å²) in [5.74, 6) is -3.07. The largest absolute Gasteiger partial charge is 0.350 e. The van der Waals surface area contributed by atoms with Crippen molar-refractivity contribution in [2.24, 2.45) is 0 Å². The first kappa shape index (κ1) is 14.8. The molecule has 0 atom stereocenters. The first-order valence-corrected chi connectivity index (χ1v) is 6.52. The average molecular weight is 318 g/mol. The highest BCUT2D eigenvalue weighted by Crippen LogP contribution is 2.21. The van der Waals surface area contributed by atoms with Crippen molar-refractivity contribution in [2.75, 3.05) is 5.32 Å². The number of rotatable bonds is 3. The Morgan fingerprint density at radius 3 is 2.52 bits per heavy atom. The molecular formula is C16H9F3N2O2. The van der Waals surface area contributed by atoms with E-state index in [-0.39, 0.29) is 17.1 Å². The predicted octanol–water partition coefficient (Wildman–Crippen LogP) is 4.01. The number of carbonyl (C=O) groups excluding carboxylic acids is 1. The van der Waals surface area contributed by atoms with E-state index in [9.17, 15) is 18.0 Å². The number of amides is 1. The lowest BCUT2D eigenvalue weighted by atomic mass is 10.1. The van der Waals surface area contributed by atoms with Crippen LogP contribution < -0.4 is 5.32 Å². The number of nitrogens with one attached hydrogen (secondary N) is 1. The number of aromatic nitrogens is 1. The van der Waals surface area contributed by atoms with Crippen molar-refractivity contribution in [2.45, 2.75) is 0 Å². The maximum Gasteiger partial charge on any atom is 0.294 e. The molecule has 23 heavy (non-hydrogen) atoms. The van der Waals surface area contributed by atoms with Crippen LogP contribution in [0.25, 0.3) is 11.3 Å². The van der Waals surface area contributed by atoms with Crippen LogP contribution in [0.3, 0.4) is 0 Å². The average Bonchev–Trinajstić information content (AvgIpc) is 3.00. The van der Waals surface area contributed by atoms with Gasteiger partial charge in [0.1, 0.15) is 23.1 Å². The Hall–Kier alpha value is -3.09. The van der Waals surface area contributed by atoms with E-state index >= 15 is 0 Å². The van der Waals surface area contributed by atoms with Gasteiger partial charge in [0.2, 0.25) is 5.76 Å². The molecule has 0 bridgehead atoms. The van der Waals surface area contributed by atoms with Gasteiger partial charge >= 0.3 is 0 Å². The fraction of sp³-hybridized carbons (Fsp3) is 0. The molecule has 1 heterocycles. The zero-order chi connectivity index (χ0) is 16.4. The van der Waals surface area contributed by atoms with Gasteiger partial charge in [0.25, 0.3) is 5.91 Å². The lowest BCUT2D eigenvalue weighted by Gasteiger charge is -2.03. The van der Waals surface area contributed by atoms with Gasteiger partial charge in [-0.1, -0.05) is 17.3 Å². The molecule has 1 N–H and O–H groups in total. The molecule has 0 saturated heterocycles. The summed E-state index contributed by atoms with van der Waals surface area (Å²) in [4.78, 5) is 12.0. The van der Waals surface area contributed by atoms with Crippen molar-refractivity contribution in [1.29, 1.82) is 0 Å². The van der Waals surface area contributed by atoms with Crippen LogP contribution in [0.5, 0.6) is 0 Å². The van der Waals surface area contributed by atoms with Crippen molar-refractivity contribution in [3.63, 3.8) is 0 Å². The summed E-state index contributed by atoms with van der Waals surface area (Å²) < 4.78 is 44.4. The van der Waals surface area contributed by atoms with Gasteiger partial charge in [-0.2, -0.15) is 0 Å². The molecule has 0 aliphatic rings. The maximum absolute atomic E-state index is 13.5. The normalized spacial score (nSPS) is 10.6. The van der Waals surface area contributed by atoms with Gasteiger partial charge in [0.05, 0.1) is 5.69 Å². The van der Waals surface area contributed by atoms with E-state index in [1.807, 2.05) is 0 Å². The highest BCUT2D eigenvalue weighted by molar-refractivity contribution is 6.02. The van der Waals surface area contributed by atoms with Crippen LogP contribution in [0.1, 0.15) is 10.6 Å². The minimum Gasteiger partial charge on any atom is -0.350 e. The molecule has 3 rings (SSSR count). The molecule has 4 nitrogen and oxygen atoms in total. The Bertz CT molecular complexity index is 877. The first-order chi connectivity index (χ1) is 11.0. The summed E-state index contributed by atoms with van der Waals surface area (Å²) in [6.45, 7) is 0. The summed E-state index contributed by atoms with van der Waals surface area (Å²) in [6.07, 6.45) is 0. The molecule has 116 valence electrons. The molecule has 0 unspecified atom stereocenters. The molecule has 0 radical (unpaired) electrons. The van der Waals surface area contributed by atoms with Crippen LogP contribution in [-0.2, 0) is 0 Å². The van der Waals surface area contributed by atoms with E-state index in [0.717, 1.165) is 12.1 Å². The zero-order valence-electron chi connectivity index (χ0n) is 11.5. The number of hydrogen-bond acceptors (Lipinski definition) is 3. The van der Waals surface area contributed by atoms with Gasteiger partial charge in [-0.15, -0.1) is 0 Å². The van der Waals surface area contributed by atoms with Crippen LogP contribution in [0.4, 0.5) is 18.9 Å². The van der Waals surface area contributed by atoms with Crippen LogP contribution >= 0.6 is 0 Å². The first-order valence-electron chi connectivity index (χ1n) is 6.52. The van der Waals surface area contributed by atoms with Crippen molar-refractivity contribution >= 4 is 11.6 Å². The van der Waals surface area contributed by atoms with E-state index in [0.29, 0.717) is 11.6 Å². The second kappa shape index (κ2) is 5.96. The molecule has 1 aromatic heterocycles. The minimum atomic E-state index is -0.914. The fourth-order valence-electron chi connectivity index (χ4n) is 1.94. The van der Waals surface area contributed by atoms with E-state index < -0.39 is 23.4 Å². The third kappa shape index (κ3) is 3.23. The number of nitrogens with zero attached hydrogens (tertiary/aromatic N) is 1. The quantitative estimate of drug-likeness (QED) is 0.794. The number of halogens is 3. The molecule has 0 saturated carbocycles. The Morgan fingerprint density at radius 1 is 1.00 bits per heavy atom. The topological polar surface area (TPSA) is 55.1 Å². The second-order valence-electron chi connectivity index (χ2n) is 4.67. The Morgan fingerprint density at radius 2 is 1.78 bits per heavy atom. The number of anilines is 1. The van der Waals surface area contributed by atoms with Gasteiger partial charge in [0.15, 0.2) is 0 Å². The summed E-state index contributed by atoms with van der Waals surface area (Å²) >= 11 is 0. The van der Waals surface area contributed by atoms with E-state index in [1.54, 1.807) is 6.07 Å². The fourth-order valence-corrected chi connectivity index (χ4v) is 1.94. The number of benzene rings is 2. The smallest absolute Gasteiger partial charge is 0.294 e. The van der Waals surface area contributed by atoms with E-state index in [4.69, 9.17) is 4.52 Å². The summed E-state index contributed by atoms with van der Waals surface area (Å²) in [5.41, 5.74) is 0.495. The van der Waals surface area contributed by atoms with Crippen molar-refractivity contribution < 1.29 is 22.5 Å². The third-order valence-electron chi connectivity index (χ3n) is 3.03. The molecule has 0 aliphatic carbocycles. The third-order valence-corrected chi connectivity index (χ3v) is 3.03. The van der Waals surface area contributed by atoms with Crippen molar-refractivity contribution in [1.82, 2.24) is 5.16 Å².